The summed E-state index contributed by atoms with van der Waals surface area (Å²) in [5.41, 5.74) is 4.55. The van der Waals surface area contributed by atoms with Gasteiger partial charge in [-0.25, -0.2) is 8.42 Å². The third-order valence-corrected chi connectivity index (χ3v) is 7.04. The molecule has 0 saturated carbocycles. The monoisotopic (exact) mass is 413 g/mol. The van der Waals surface area contributed by atoms with Gasteiger partial charge in [-0.2, -0.15) is 9.29 Å². The molecule has 0 radical (unpaired) electrons. The van der Waals surface area contributed by atoms with Gasteiger partial charge in [0.1, 0.15) is 0 Å². The highest BCUT2D eigenvalue weighted by molar-refractivity contribution is 7.89. The first-order valence-corrected chi connectivity index (χ1v) is 11.0. The molecular formula is C22H27N3O3S. The number of nitrogens with zero attached hydrogens (tertiary/aromatic N) is 3. The van der Waals surface area contributed by atoms with Gasteiger partial charge in [0.05, 0.1) is 11.4 Å². The fourth-order valence-corrected chi connectivity index (χ4v) is 4.98. The van der Waals surface area contributed by atoms with Crippen LogP contribution in [0.3, 0.4) is 0 Å². The van der Waals surface area contributed by atoms with Gasteiger partial charge in [-0.1, -0.05) is 61.0 Å². The maximum atomic E-state index is 13.1. The second kappa shape index (κ2) is 8.08. The molecule has 0 aliphatic rings. The number of hydrogen-bond donors (Lipinski definition) is 0. The Balaban J connectivity index is 1.82. The average Bonchev–Trinajstić information content (AvgIpc) is 3.09. The van der Waals surface area contributed by atoms with Gasteiger partial charge in [0.25, 0.3) is 0 Å². The van der Waals surface area contributed by atoms with Gasteiger partial charge in [-0.05, 0) is 43.4 Å². The summed E-state index contributed by atoms with van der Waals surface area (Å²) < 4.78 is 32.8. The van der Waals surface area contributed by atoms with E-state index in [1.165, 1.54) is 16.9 Å². The molecule has 0 saturated heterocycles. The SMILES string of the molecule is Cc1cc(C)c(S(=O)(=O)N(C)Cc2nc(-c3ccc(C(C)C)cc3)no2)c(C)c1. The lowest BCUT2D eigenvalue weighted by atomic mass is 10.0. The van der Waals surface area contributed by atoms with Crippen LogP contribution in [0.25, 0.3) is 11.4 Å². The summed E-state index contributed by atoms with van der Waals surface area (Å²) in [4.78, 5) is 4.71. The zero-order chi connectivity index (χ0) is 21.3. The molecule has 1 heterocycles. The van der Waals surface area contributed by atoms with E-state index in [2.05, 4.69) is 24.0 Å². The second-order valence-corrected chi connectivity index (χ2v) is 9.76. The van der Waals surface area contributed by atoms with E-state index in [1.807, 2.05) is 57.2 Å². The van der Waals surface area contributed by atoms with E-state index in [0.717, 1.165) is 22.3 Å². The lowest BCUT2D eigenvalue weighted by molar-refractivity contribution is 0.336. The van der Waals surface area contributed by atoms with Gasteiger partial charge in [0.15, 0.2) is 0 Å². The maximum absolute atomic E-state index is 13.1. The molecular weight excluding hydrogens is 386 g/mol. The number of hydrogen-bond acceptors (Lipinski definition) is 5. The van der Waals surface area contributed by atoms with Gasteiger partial charge in [-0.3, -0.25) is 0 Å². The van der Waals surface area contributed by atoms with Crippen molar-refractivity contribution in [2.45, 2.75) is 52.0 Å². The van der Waals surface area contributed by atoms with Gasteiger partial charge >= 0.3 is 0 Å². The highest BCUT2D eigenvalue weighted by Crippen LogP contribution is 2.26. The summed E-state index contributed by atoms with van der Waals surface area (Å²) in [5, 5.41) is 4.01. The van der Waals surface area contributed by atoms with Crippen LogP contribution in [0.5, 0.6) is 0 Å². The van der Waals surface area contributed by atoms with Crippen LogP contribution in [-0.2, 0) is 16.6 Å². The van der Waals surface area contributed by atoms with Crippen LogP contribution in [-0.4, -0.2) is 29.9 Å². The number of sulfonamides is 1. The van der Waals surface area contributed by atoms with Gasteiger partial charge in [-0.15, -0.1) is 0 Å². The second-order valence-electron chi connectivity index (χ2n) is 7.78. The van der Waals surface area contributed by atoms with Crippen molar-refractivity contribution in [1.29, 1.82) is 0 Å². The standard InChI is InChI=1S/C22H27N3O3S/c1-14(2)18-7-9-19(10-8-18)22-23-20(28-24-22)13-25(6)29(26,27)21-16(4)11-15(3)12-17(21)5/h7-12,14H,13H2,1-6H3. The highest BCUT2D eigenvalue weighted by atomic mass is 32.2. The Kier molecular flexibility index (Phi) is 5.91. The fraction of sp³-hybridized carbons (Fsp3) is 0.364. The van der Waals surface area contributed by atoms with E-state index in [-0.39, 0.29) is 12.4 Å². The topological polar surface area (TPSA) is 76.3 Å². The average molecular weight is 414 g/mol. The zero-order valence-electron chi connectivity index (χ0n) is 17.7. The van der Waals surface area contributed by atoms with Crippen LogP contribution in [0.4, 0.5) is 0 Å². The van der Waals surface area contributed by atoms with E-state index in [4.69, 9.17) is 4.52 Å². The molecule has 0 aliphatic carbocycles. The van der Waals surface area contributed by atoms with Crippen molar-refractivity contribution in [3.8, 4) is 11.4 Å². The Morgan fingerprint density at radius 2 is 1.62 bits per heavy atom. The zero-order valence-corrected chi connectivity index (χ0v) is 18.5. The minimum absolute atomic E-state index is 0.00612. The molecule has 2 aromatic carbocycles. The van der Waals surface area contributed by atoms with E-state index in [9.17, 15) is 8.42 Å². The Bertz CT molecular complexity index is 1090. The van der Waals surface area contributed by atoms with Crippen LogP contribution in [0.1, 0.15) is 47.9 Å². The molecule has 3 rings (SSSR count). The van der Waals surface area contributed by atoms with E-state index in [1.54, 1.807) is 0 Å². The van der Waals surface area contributed by atoms with Gasteiger partial charge in [0, 0.05) is 12.6 Å². The maximum Gasteiger partial charge on any atom is 0.243 e. The van der Waals surface area contributed by atoms with Crippen LogP contribution in [0.15, 0.2) is 45.8 Å². The lowest BCUT2D eigenvalue weighted by Gasteiger charge is -2.19. The van der Waals surface area contributed by atoms with Crippen molar-refractivity contribution in [3.63, 3.8) is 0 Å². The summed E-state index contributed by atoms with van der Waals surface area (Å²) in [5.74, 6) is 1.14. The van der Waals surface area contributed by atoms with Crippen LogP contribution >= 0.6 is 0 Å². The quantitative estimate of drug-likeness (QED) is 0.590. The number of aryl methyl sites for hydroxylation is 3. The number of rotatable bonds is 6. The predicted octanol–water partition coefficient (Wildman–Crippen LogP) is 4.61. The first-order valence-electron chi connectivity index (χ1n) is 9.56. The molecule has 0 amide bonds. The Morgan fingerprint density at radius 1 is 1.03 bits per heavy atom. The summed E-state index contributed by atoms with van der Waals surface area (Å²) in [6.07, 6.45) is 0. The summed E-state index contributed by atoms with van der Waals surface area (Å²) in [7, 11) is -2.16. The molecule has 0 aliphatic heterocycles. The Morgan fingerprint density at radius 3 is 2.17 bits per heavy atom. The van der Waals surface area contributed by atoms with E-state index in [0.29, 0.717) is 16.6 Å². The van der Waals surface area contributed by atoms with Crippen molar-refractivity contribution in [3.05, 3.63) is 64.5 Å². The summed E-state index contributed by atoms with van der Waals surface area (Å²) in [6, 6.07) is 11.7. The molecule has 0 bridgehead atoms. The molecule has 0 spiro atoms. The third kappa shape index (κ3) is 4.41. The van der Waals surface area contributed by atoms with Crippen molar-refractivity contribution >= 4 is 10.0 Å². The van der Waals surface area contributed by atoms with Crippen LogP contribution < -0.4 is 0 Å². The molecule has 0 fully saturated rings. The van der Waals surface area contributed by atoms with Crippen molar-refractivity contribution < 1.29 is 12.9 Å². The number of benzene rings is 2. The van der Waals surface area contributed by atoms with Crippen molar-refractivity contribution in [2.75, 3.05) is 7.05 Å². The first-order chi connectivity index (χ1) is 13.6. The lowest BCUT2D eigenvalue weighted by Crippen LogP contribution is -2.28. The molecule has 1 aromatic heterocycles. The molecule has 0 atom stereocenters. The van der Waals surface area contributed by atoms with E-state index < -0.39 is 10.0 Å². The highest BCUT2D eigenvalue weighted by Gasteiger charge is 2.26. The molecule has 6 nitrogen and oxygen atoms in total. The molecule has 154 valence electrons. The number of aromatic nitrogens is 2. The smallest absolute Gasteiger partial charge is 0.243 e. The first kappa shape index (κ1) is 21.2. The molecule has 29 heavy (non-hydrogen) atoms. The minimum atomic E-state index is -3.68. The van der Waals surface area contributed by atoms with Crippen molar-refractivity contribution in [1.82, 2.24) is 14.4 Å². The van der Waals surface area contributed by atoms with Gasteiger partial charge in [0.2, 0.25) is 21.7 Å². The third-order valence-electron chi connectivity index (χ3n) is 4.93. The van der Waals surface area contributed by atoms with E-state index >= 15 is 0 Å². The fourth-order valence-electron chi connectivity index (χ4n) is 3.46. The summed E-state index contributed by atoms with van der Waals surface area (Å²) >= 11 is 0. The normalized spacial score (nSPS) is 12.1. The molecule has 0 N–H and O–H groups in total. The van der Waals surface area contributed by atoms with Crippen LogP contribution in [0.2, 0.25) is 0 Å². The Labute approximate surface area is 172 Å². The van der Waals surface area contributed by atoms with Crippen molar-refractivity contribution in [2.24, 2.45) is 0 Å². The summed E-state index contributed by atoms with van der Waals surface area (Å²) in [6.45, 7) is 9.85. The Hall–Kier alpha value is -2.51. The van der Waals surface area contributed by atoms with Gasteiger partial charge < -0.3 is 4.52 Å². The molecule has 3 aromatic rings. The largest absolute Gasteiger partial charge is 0.338 e. The molecule has 7 heteroatoms. The minimum Gasteiger partial charge on any atom is -0.338 e. The molecule has 0 unspecified atom stereocenters. The predicted molar refractivity (Wildman–Crippen MR) is 113 cm³/mol. The van der Waals surface area contributed by atoms with Crippen LogP contribution in [0, 0.1) is 20.8 Å².